The highest BCUT2D eigenvalue weighted by atomic mass is 127. The van der Waals surface area contributed by atoms with E-state index in [2.05, 4.69) is 52.1 Å². The van der Waals surface area contributed by atoms with Gasteiger partial charge in [-0.1, -0.05) is 42.0 Å². The molecule has 0 radical (unpaired) electrons. The van der Waals surface area contributed by atoms with Gasteiger partial charge in [0, 0.05) is 26.7 Å². The van der Waals surface area contributed by atoms with E-state index in [9.17, 15) is 4.79 Å². The van der Waals surface area contributed by atoms with Gasteiger partial charge in [-0.05, 0) is 37.1 Å². The normalized spacial score (nSPS) is 10.6. The Labute approximate surface area is 184 Å². The van der Waals surface area contributed by atoms with E-state index >= 15 is 0 Å². The van der Waals surface area contributed by atoms with E-state index in [0.29, 0.717) is 25.4 Å². The average Bonchev–Trinajstić information content (AvgIpc) is 2.68. The van der Waals surface area contributed by atoms with Crippen molar-refractivity contribution in [3.05, 3.63) is 65.2 Å². The number of carbonyl (C=O) groups excluding carboxylic acids is 1. The maximum atomic E-state index is 11.5. The van der Waals surface area contributed by atoms with Gasteiger partial charge < -0.3 is 20.7 Å². The smallest absolute Gasteiger partial charge is 0.257 e. The molecule has 2 aromatic rings. The average molecular weight is 496 g/mol. The SMILES string of the molecule is CCNC(=O)COc1cccc(CNC(=NC)NCc2ccc(C)cc2)c1.I. The zero-order valence-corrected chi connectivity index (χ0v) is 18.9. The summed E-state index contributed by atoms with van der Waals surface area (Å²) in [6.45, 7) is 5.88. The van der Waals surface area contributed by atoms with E-state index in [4.69, 9.17) is 4.74 Å². The summed E-state index contributed by atoms with van der Waals surface area (Å²) in [6.07, 6.45) is 0. The summed E-state index contributed by atoms with van der Waals surface area (Å²) in [5.74, 6) is 1.27. The fourth-order valence-corrected chi connectivity index (χ4v) is 2.44. The molecule has 0 saturated heterocycles. The van der Waals surface area contributed by atoms with E-state index in [1.807, 2.05) is 31.2 Å². The van der Waals surface area contributed by atoms with Gasteiger partial charge in [-0.25, -0.2) is 0 Å². The van der Waals surface area contributed by atoms with Crippen LogP contribution in [0.2, 0.25) is 0 Å². The molecule has 0 aromatic heterocycles. The van der Waals surface area contributed by atoms with Crippen molar-refractivity contribution in [2.24, 2.45) is 4.99 Å². The topological polar surface area (TPSA) is 74.8 Å². The summed E-state index contributed by atoms with van der Waals surface area (Å²) in [5.41, 5.74) is 3.49. The summed E-state index contributed by atoms with van der Waals surface area (Å²) >= 11 is 0. The third-order valence-corrected chi connectivity index (χ3v) is 3.91. The van der Waals surface area contributed by atoms with Crippen molar-refractivity contribution in [2.75, 3.05) is 20.2 Å². The molecule has 0 saturated carbocycles. The second kappa shape index (κ2) is 13.0. The number of rotatable bonds is 8. The lowest BCUT2D eigenvalue weighted by atomic mass is 10.1. The van der Waals surface area contributed by atoms with Crippen LogP contribution >= 0.6 is 24.0 Å². The number of halogens is 1. The molecule has 2 rings (SSSR count). The molecule has 0 aliphatic rings. The summed E-state index contributed by atoms with van der Waals surface area (Å²) in [4.78, 5) is 15.7. The van der Waals surface area contributed by atoms with Crippen LogP contribution in [0.3, 0.4) is 0 Å². The van der Waals surface area contributed by atoms with Crippen LogP contribution in [-0.2, 0) is 17.9 Å². The molecule has 1 amide bonds. The molecule has 3 N–H and O–H groups in total. The van der Waals surface area contributed by atoms with Gasteiger partial charge in [-0.15, -0.1) is 24.0 Å². The van der Waals surface area contributed by atoms with Crippen LogP contribution in [0.5, 0.6) is 5.75 Å². The van der Waals surface area contributed by atoms with Crippen LogP contribution in [0.4, 0.5) is 0 Å². The first-order chi connectivity index (χ1) is 13.1. The molecule has 7 heteroatoms. The van der Waals surface area contributed by atoms with E-state index in [0.717, 1.165) is 11.5 Å². The molecule has 0 spiro atoms. The Hall–Kier alpha value is -2.29. The molecule has 2 aromatic carbocycles. The maximum Gasteiger partial charge on any atom is 0.257 e. The number of ether oxygens (including phenoxy) is 1. The van der Waals surface area contributed by atoms with Gasteiger partial charge in [0.05, 0.1) is 0 Å². The maximum absolute atomic E-state index is 11.5. The van der Waals surface area contributed by atoms with Crippen LogP contribution in [0.15, 0.2) is 53.5 Å². The Kier molecular flexibility index (Phi) is 11.0. The Morgan fingerprint density at radius 2 is 1.68 bits per heavy atom. The molecule has 0 heterocycles. The number of hydrogen-bond acceptors (Lipinski definition) is 3. The number of hydrogen-bond donors (Lipinski definition) is 3. The number of nitrogens with one attached hydrogen (secondary N) is 3. The highest BCUT2D eigenvalue weighted by Gasteiger charge is 2.03. The van der Waals surface area contributed by atoms with Crippen molar-refractivity contribution >= 4 is 35.8 Å². The Morgan fingerprint density at radius 3 is 2.32 bits per heavy atom. The molecular formula is C21H29IN4O2. The lowest BCUT2D eigenvalue weighted by molar-refractivity contribution is -0.122. The lowest BCUT2D eigenvalue weighted by Crippen LogP contribution is -2.36. The number of nitrogens with zero attached hydrogens (tertiary/aromatic N) is 1. The van der Waals surface area contributed by atoms with E-state index in [-0.39, 0.29) is 36.5 Å². The molecule has 0 bridgehead atoms. The number of aliphatic imine (C=N–C) groups is 1. The molecule has 0 fully saturated rings. The highest BCUT2D eigenvalue weighted by Crippen LogP contribution is 2.13. The van der Waals surface area contributed by atoms with Crippen molar-refractivity contribution < 1.29 is 9.53 Å². The van der Waals surface area contributed by atoms with E-state index < -0.39 is 0 Å². The first-order valence-corrected chi connectivity index (χ1v) is 9.09. The van der Waals surface area contributed by atoms with Gasteiger partial charge in [0.2, 0.25) is 0 Å². The van der Waals surface area contributed by atoms with Crippen LogP contribution in [0, 0.1) is 6.92 Å². The van der Waals surface area contributed by atoms with Gasteiger partial charge in [-0.2, -0.15) is 0 Å². The second-order valence-corrected chi connectivity index (χ2v) is 6.15. The first-order valence-electron chi connectivity index (χ1n) is 9.09. The molecule has 0 aliphatic carbocycles. The fourth-order valence-electron chi connectivity index (χ4n) is 2.44. The largest absolute Gasteiger partial charge is 0.484 e. The second-order valence-electron chi connectivity index (χ2n) is 6.15. The lowest BCUT2D eigenvalue weighted by Gasteiger charge is -2.13. The number of likely N-dealkylation sites (N-methyl/N-ethyl adjacent to an activating group) is 1. The number of guanidine groups is 1. The number of benzene rings is 2. The third-order valence-electron chi connectivity index (χ3n) is 3.91. The number of carbonyl (C=O) groups is 1. The fraction of sp³-hybridized carbons (Fsp3) is 0.333. The monoisotopic (exact) mass is 496 g/mol. The zero-order chi connectivity index (χ0) is 19.5. The van der Waals surface area contributed by atoms with E-state index in [1.54, 1.807) is 7.05 Å². The molecular weight excluding hydrogens is 467 g/mol. The van der Waals surface area contributed by atoms with Crippen molar-refractivity contribution in [1.82, 2.24) is 16.0 Å². The minimum atomic E-state index is -0.123. The van der Waals surface area contributed by atoms with Gasteiger partial charge in [-0.3, -0.25) is 9.79 Å². The van der Waals surface area contributed by atoms with Crippen molar-refractivity contribution in [3.8, 4) is 5.75 Å². The van der Waals surface area contributed by atoms with E-state index in [1.165, 1.54) is 11.1 Å². The molecule has 152 valence electrons. The van der Waals surface area contributed by atoms with Gasteiger partial charge >= 0.3 is 0 Å². The minimum absolute atomic E-state index is 0. The van der Waals surface area contributed by atoms with Crippen molar-refractivity contribution in [1.29, 1.82) is 0 Å². The summed E-state index contributed by atoms with van der Waals surface area (Å²) in [6, 6.07) is 16.1. The molecule has 6 nitrogen and oxygen atoms in total. The van der Waals surface area contributed by atoms with Crippen LogP contribution in [0.1, 0.15) is 23.6 Å². The van der Waals surface area contributed by atoms with Gasteiger partial charge in [0.25, 0.3) is 5.91 Å². The predicted molar refractivity (Wildman–Crippen MR) is 124 cm³/mol. The van der Waals surface area contributed by atoms with Crippen molar-refractivity contribution in [2.45, 2.75) is 26.9 Å². The molecule has 28 heavy (non-hydrogen) atoms. The molecule has 0 unspecified atom stereocenters. The quantitative estimate of drug-likeness (QED) is 0.299. The zero-order valence-electron chi connectivity index (χ0n) is 16.6. The Bertz CT molecular complexity index is 763. The van der Waals surface area contributed by atoms with Crippen LogP contribution < -0.4 is 20.7 Å². The predicted octanol–water partition coefficient (Wildman–Crippen LogP) is 2.99. The number of aryl methyl sites for hydroxylation is 1. The van der Waals surface area contributed by atoms with Gasteiger partial charge in [0.1, 0.15) is 5.75 Å². The van der Waals surface area contributed by atoms with Gasteiger partial charge in [0.15, 0.2) is 12.6 Å². The summed E-state index contributed by atoms with van der Waals surface area (Å²) in [7, 11) is 1.75. The van der Waals surface area contributed by atoms with Crippen LogP contribution in [0.25, 0.3) is 0 Å². The standard InChI is InChI=1S/C21H28N4O2.HI/c1-4-23-20(26)15-27-19-7-5-6-18(12-19)14-25-21(22-3)24-13-17-10-8-16(2)9-11-17;/h5-12H,4,13-15H2,1-3H3,(H,23,26)(H2,22,24,25);1H. The summed E-state index contributed by atoms with van der Waals surface area (Å²) < 4.78 is 5.52. The summed E-state index contributed by atoms with van der Waals surface area (Å²) in [5, 5.41) is 9.29. The van der Waals surface area contributed by atoms with Crippen molar-refractivity contribution in [3.63, 3.8) is 0 Å². The molecule has 0 atom stereocenters. The highest BCUT2D eigenvalue weighted by molar-refractivity contribution is 14.0. The number of amides is 1. The van der Waals surface area contributed by atoms with Crippen LogP contribution in [-0.4, -0.2) is 32.1 Å². The minimum Gasteiger partial charge on any atom is -0.484 e. The molecule has 0 aliphatic heterocycles. The Morgan fingerprint density at radius 1 is 1.00 bits per heavy atom. The first kappa shape index (κ1) is 23.7. The Balaban J connectivity index is 0.00000392. The third kappa shape index (κ3) is 8.60.